The van der Waals surface area contributed by atoms with E-state index in [4.69, 9.17) is 5.73 Å². The molecule has 1 amide bonds. The summed E-state index contributed by atoms with van der Waals surface area (Å²) in [5.74, 6) is 2.27. The van der Waals surface area contributed by atoms with Crippen molar-refractivity contribution in [2.24, 2.45) is 29.4 Å². The summed E-state index contributed by atoms with van der Waals surface area (Å²) < 4.78 is 2.01. The monoisotopic (exact) mass is 302 g/mol. The van der Waals surface area contributed by atoms with Crippen molar-refractivity contribution in [2.45, 2.75) is 44.7 Å². The number of amides is 1. The third kappa shape index (κ3) is 2.45. The van der Waals surface area contributed by atoms with Crippen LogP contribution >= 0.6 is 0 Å². The molecule has 2 bridgehead atoms. The van der Waals surface area contributed by atoms with Crippen molar-refractivity contribution >= 4 is 5.91 Å². The smallest absolute Gasteiger partial charge is 0.227 e. The lowest BCUT2D eigenvalue weighted by Gasteiger charge is -2.37. The summed E-state index contributed by atoms with van der Waals surface area (Å²) in [6.45, 7) is 2.76. The van der Waals surface area contributed by atoms with E-state index in [1.165, 1.54) is 19.3 Å². The number of nitrogens with two attached hydrogens (primary N) is 1. The highest BCUT2D eigenvalue weighted by atomic mass is 16.2. The predicted octanol–water partition coefficient (Wildman–Crippen LogP) is 1.50. The molecule has 120 valence electrons. The Morgan fingerprint density at radius 1 is 1.18 bits per heavy atom. The Morgan fingerprint density at radius 3 is 2.59 bits per heavy atom. The third-order valence-electron chi connectivity index (χ3n) is 6.20. The zero-order valence-electron chi connectivity index (χ0n) is 13.1. The van der Waals surface area contributed by atoms with Crippen molar-refractivity contribution in [3.05, 3.63) is 18.5 Å². The Bertz CT molecular complexity index is 519. The first kappa shape index (κ1) is 14.2. The highest BCUT2D eigenvalue weighted by Gasteiger charge is 2.50. The van der Waals surface area contributed by atoms with Crippen LogP contribution in [0, 0.1) is 23.7 Å². The van der Waals surface area contributed by atoms with Gasteiger partial charge in [0.1, 0.15) is 0 Å². The van der Waals surface area contributed by atoms with Gasteiger partial charge in [-0.2, -0.15) is 5.10 Å². The number of piperidine rings is 1. The van der Waals surface area contributed by atoms with Crippen molar-refractivity contribution in [3.63, 3.8) is 0 Å². The van der Waals surface area contributed by atoms with Gasteiger partial charge in [0.2, 0.25) is 5.91 Å². The molecule has 1 aromatic heterocycles. The molecule has 5 heteroatoms. The van der Waals surface area contributed by atoms with Crippen LogP contribution in [0.3, 0.4) is 0 Å². The quantitative estimate of drug-likeness (QED) is 0.920. The van der Waals surface area contributed by atoms with E-state index in [0.29, 0.717) is 23.7 Å². The molecule has 1 saturated heterocycles. The van der Waals surface area contributed by atoms with Crippen molar-refractivity contribution in [2.75, 3.05) is 13.1 Å². The number of rotatable bonds is 3. The normalized spacial score (nSPS) is 35.2. The number of carbonyl (C=O) groups is 1. The first-order valence-corrected chi connectivity index (χ1v) is 8.74. The second kappa shape index (κ2) is 5.69. The van der Waals surface area contributed by atoms with Crippen LogP contribution < -0.4 is 5.73 Å². The largest absolute Gasteiger partial charge is 0.342 e. The zero-order valence-corrected chi connectivity index (χ0v) is 13.1. The van der Waals surface area contributed by atoms with E-state index in [1.807, 2.05) is 23.1 Å². The Morgan fingerprint density at radius 2 is 1.95 bits per heavy atom. The molecule has 4 rings (SSSR count). The van der Waals surface area contributed by atoms with E-state index < -0.39 is 0 Å². The molecule has 2 aliphatic carbocycles. The van der Waals surface area contributed by atoms with Gasteiger partial charge in [-0.25, -0.2) is 0 Å². The number of likely N-dealkylation sites (tertiary alicyclic amines) is 1. The molecule has 4 atom stereocenters. The van der Waals surface area contributed by atoms with Crippen LogP contribution in [-0.4, -0.2) is 39.7 Å². The zero-order chi connectivity index (χ0) is 15.1. The van der Waals surface area contributed by atoms with Gasteiger partial charge in [-0.1, -0.05) is 0 Å². The summed E-state index contributed by atoms with van der Waals surface area (Å²) in [4.78, 5) is 14.9. The van der Waals surface area contributed by atoms with Gasteiger partial charge < -0.3 is 10.6 Å². The molecule has 3 aliphatic rings. The van der Waals surface area contributed by atoms with Crippen LogP contribution in [-0.2, 0) is 11.3 Å². The first-order valence-electron chi connectivity index (χ1n) is 8.74. The van der Waals surface area contributed by atoms with Crippen LogP contribution in [0.1, 0.15) is 32.1 Å². The molecule has 1 aliphatic heterocycles. The Balaban J connectivity index is 1.32. The lowest BCUT2D eigenvalue weighted by Crippen LogP contribution is -2.49. The van der Waals surface area contributed by atoms with Crippen LogP contribution in [0.25, 0.3) is 0 Å². The van der Waals surface area contributed by atoms with E-state index in [1.54, 1.807) is 0 Å². The van der Waals surface area contributed by atoms with Gasteiger partial charge in [0.05, 0.1) is 5.92 Å². The second-order valence-electron chi connectivity index (χ2n) is 7.43. The van der Waals surface area contributed by atoms with Crippen LogP contribution in [0.15, 0.2) is 18.5 Å². The van der Waals surface area contributed by atoms with E-state index >= 15 is 0 Å². The molecule has 0 aromatic carbocycles. The molecular weight excluding hydrogens is 276 g/mol. The molecule has 5 nitrogen and oxygen atoms in total. The standard InChI is InChI=1S/C17H26N4O/c18-16-14-3-2-13(10-14)15(16)17(22)20-8-4-12(5-9-20)11-21-7-1-6-19-21/h1,6-7,12-16H,2-5,8-11,18H2. The van der Waals surface area contributed by atoms with Crippen LogP contribution in [0.4, 0.5) is 0 Å². The van der Waals surface area contributed by atoms with Crippen LogP contribution in [0.5, 0.6) is 0 Å². The van der Waals surface area contributed by atoms with Crippen molar-refractivity contribution in [1.82, 2.24) is 14.7 Å². The summed E-state index contributed by atoms with van der Waals surface area (Å²) in [6, 6.07) is 2.09. The molecule has 0 radical (unpaired) electrons. The molecule has 4 unspecified atom stereocenters. The highest BCUT2D eigenvalue weighted by Crippen LogP contribution is 2.48. The molecule has 1 aromatic rings. The number of fused-ring (bicyclic) bond motifs is 2. The Kier molecular flexibility index (Phi) is 3.68. The summed E-state index contributed by atoms with van der Waals surface area (Å²) in [6.07, 6.45) is 9.66. The topological polar surface area (TPSA) is 64.2 Å². The highest BCUT2D eigenvalue weighted by molar-refractivity contribution is 5.80. The minimum atomic E-state index is 0.112. The first-order chi connectivity index (χ1) is 10.7. The lowest BCUT2D eigenvalue weighted by molar-refractivity contribution is -0.139. The molecular formula is C17H26N4O. The molecule has 2 N–H and O–H groups in total. The minimum Gasteiger partial charge on any atom is -0.342 e. The van der Waals surface area contributed by atoms with Gasteiger partial charge in [-0.05, 0) is 55.9 Å². The van der Waals surface area contributed by atoms with E-state index in [-0.39, 0.29) is 12.0 Å². The molecule has 2 heterocycles. The van der Waals surface area contributed by atoms with Crippen molar-refractivity contribution in [1.29, 1.82) is 0 Å². The molecule has 2 saturated carbocycles. The predicted molar refractivity (Wildman–Crippen MR) is 83.8 cm³/mol. The maximum atomic E-state index is 12.9. The Hall–Kier alpha value is -1.36. The SMILES string of the molecule is NC1C2CCC(C2)C1C(=O)N1CCC(Cn2cccn2)CC1. The Labute approximate surface area is 131 Å². The summed E-state index contributed by atoms with van der Waals surface area (Å²) in [7, 11) is 0. The number of nitrogens with zero attached hydrogens (tertiary/aromatic N) is 3. The number of hydrogen-bond donors (Lipinski definition) is 1. The number of hydrogen-bond acceptors (Lipinski definition) is 3. The summed E-state index contributed by atoms with van der Waals surface area (Å²) in [5, 5.41) is 4.28. The van der Waals surface area contributed by atoms with Crippen LogP contribution in [0.2, 0.25) is 0 Å². The van der Waals surface area contributed by atoms with Crippen molar-refractivity contribution in [3.8, 4) is 0 Å². The number of aromatic nitrogens is 2. The third-order valence-corrected chi connectivity index (χ3v) is 6.20. The average Bonchev–Trinajstić information content (AvgIpc) is 3.24. The van der Waals surface area contributed by atoms with E-state index in [9.17, 15) is 4.79 Å². The second-order valence-corrected chi connectivity index (χ2v) is 7.43. The fourth-order valence-corrected chi connectivity index (χ4v) is 4.92. The van der Waals surface area contributed by atoms with Gasteiger partial charge in [-0.15, -0.1) is 0 Å². The van der Waals surface area contributed by atoms with Gasteiger partial charge in [0, 0.05) is 38.1 Å². The molecule has 3 fully saturated rings. The number of carbonyl (C=O) groups excluding carboxylic acids is 1. The summed E-state index contributed by atoms with van der Waals surface area (Å²) in [5.41, 5.74) is 6.33. The van der Waals surface area contributed by atoms with Gasteiger partial charge in [0.15, 0.2) is 0 Å². The maximum Gasteiger partial charge on any atom is 0.227 e. The fourth-order valence-electron chi connectivity index (χ4n) is 4.92. The van der Waals surface area contributed by atoms with Gasteiger partial charge in [0.25, 0.3) is 0 Å². The molecule has 22 heavy (non-hydrogen) atoms. The minimum absolute atomic E-state index is 0.112. The maximum absolute atomic E-state index is 12.9. The van der Waals surface area contributed by atoms with Crippen molar-refractivity contribution < 1.29 is 4.79 Å². The average molecular weight is 302 g/mol. The molecule has 0 spiro atoms. The fraction of sp³-hybridized carbons (Fsp3) is 0.765. The summed E-state index contributed by atoms with van der Waals surface area (Å²) >= 11 is 0. The van der Waals surface area contributed by atoms with E-state index in [2.05, 4.69) is 10.00 Å². The van der Waals surface area contributed by atoms with Gasteiger partial charge >= 0.3 is 0 Å². The van der Waals surface area contributed by atoms with Gasteiger partial charge in [-0.3, -0.25) is 9.48 Å². The lowest BCUT2D eigenvalue weighted by atomic mass is 9.83. The van der Waals surface area contributed by atoms with E-state index in [0.717, 1.165) is 32.5 Å².